The van der Waals surface area contributed by atoms with Crippen LogP contribution in [0.4, 0.5) is 5.95 Å². The van der Waals surface area contributed by atoms with Crippen molar-refractivity contribution in [2.75, 3.05) is 25.5 Å². The largest absolute Gasteiger partial charge is 0.357 e. The molecule has 1 fully saturated rings. The number of sulfonamides is 1. The predicted molar refractivity (Wildman–Crippen MR) is 73.4 cm³/mol. The standard InChI is InChI=1S/C12H20N4O2S/c1-12(2)5-4-6-16(9-12)19(17,18)10-7-14-11(13-3)15-8-10/h7-8H,4-6,9H2,1-3H3,(H,13,14,15). The third-order valence-electron chi connectivity index (χ3n) is 3.35. The van der Waals surface area contributed by atoms with Crippen molar-refractivity contribution in [3.8, 4) is 0 Å². The number of anilines is 1. The number of nitrogens with zero attached hydrogens (tertiary/aromatic N) is 3. The summed E-state index contributed by atoms with van der Waals surface area (Å²) in [6.45, 7) is 5.30. The summed E-state index contributed by atoms with van der Waals surface area (Å²) in [4.78, 5) is 8.09. The lowest BCUT2D eigenvalue weighted by Gasteiger charge is -2.37. The average molecular weight is 284 g/mol. The second-order valence-electron chi connectivity index (χ2n) is 5.60. The third-order valence-corrected chi connectivity index (χ3v) is 5.15. The molecule has 0 aromatic carbocycles. The summed E-state index contributed by atoms with van der Waals surface area (Å²) in [5.41, 5.74) is 0.0249. The number of hydrogen-bond acceptors (Lipinski definition) is 5. The summed E-state index contributed by atoms with van der Waals surface area (Å²) in [6.07, 6.45) is 4.65. The number of aromatic nitrogens is 2. The van der Waals surface area contributed by atoms with Crippen LogP contribution in [0.5, 0.6) is 0 Å². The van der Waals surface area contributed by atoms with Crippen molar-refractivity contribution in [3.05, 3.63) is 12.4 Å². The molecule has 1 aliphatic heterocycles. The Kier molecular flexibility index (Phi) is 3.78. The van der Waals surface area contributed by atoms with Gasteiger partial charge in [0.05, 0.1) is 12.4 Å². The molecular weight excluding hydrogens is 264 g/mol. The van der Waals surface area contributed by atoms with Gasteiger partial charge in [-0.05, 0) is 18.3 Å². The smallest absolute Gasteiger partial charge is 0.246 e. The minimum absolute atomic E-state index is 0.0249. The summed E-state index contributed by atoms with van der Waals surface area (Å²) in [5, 5.41) is 2.77. The second kappa shape index (κ2) is 5.05. The molecule has 1 aliphatic rings. The van der Waals surface area contributed by atoms with E-state index in [-0.39, 0.29) is 10.3 Å². The average Bonchev–Trinajstić information content (AvgIpc) is 2.37. The molecule has 1 N–H and O–H groups in total. The van der Waals surface area contributed by atoms with Crippen molar-refractivity contribution in [3.63, 3.8) is 0 Å². The third kappa shape index (κ3) is 3.03. The fourth-order valence-corrected chi connectivity index (χ4v) is 3.86. The Bertz CT molecular complexity index is 539. The maximum atomic E-state index is 12.5. The Hall–Kier alpha value is -1.21. The van der Waals surface area contributed by atoms with Gasteiger partial charge < -0.3 is 5.32 Å². The monoisotopic (exact) mass is 284 g/mol. The van der Waals surface area contributed by atoms with Gasteiger partial charge in [-0.25, -0.2) is 18.4 Å². The van der Waals surface area contributed by atoms with Gasteiger partial charge in [-0.2, -0.15) is 4.31 Å². The van der Waals surface area contributed by atoms with E-state index in [1.165, 1.54) is 16.7 Å². The van der Waals surface area contributed by atoms with E-state index in [2.05, 4.69) is 29.1 Å². The van der Waals surface area contributed by atoms with Crippen LogP contribution in [0, 0.1) is 5.41 Å². The fraction of sp³-hybridized carbons (Fsp3) is 0.667. The molecule has 0 saturated carbocycles. The first-order valence-electron chi connectivity index (χ1n) is 6.35. The maximum absolute atomic E-state index is 12.5. The SMILES string of the molecule is CNc1ncc(S(=O)(=O)N2CCCC(C)(C)C2)cn1. The van der Waals surface area contributed by atoms with Gasteiger partial charge in [0, 0.05) is 20.1 Å². The van der Waals surface area contributed by atoms with Gasteiger partial charge in [0.15, 0.2) is 0 Å². The topological polar surface area (TPSA) is 75.2 Å². The maximum Gasteiger partial charge on any atom is 0.246 e. The summed E-state index contributed by atoms with van der Waals surface area (Å²) in [7, 11) is -1.79. The molecular formula is C12H20N4O2S. The van der Waals surface area contributed by atoms with Gasteiger partial charge >= 0.3 is 0 Å². The molecule has 7 heteroatoms. The zero-order valence-electron chi connectivity index (χ0n) is 11.5. The minimum Gasteiger partial charge on any atom is -0.357 e. The van der Waals surface area contributed by atoms with Crippen molar-refractivity contribution in [1.29, 1.82) is 0 Å². The summed E-state index contributed by atoms with van der Waals surface area (Å²) >= 11 is 0. The van der Waals surface area contributed by atoms with Crippen molar-refractivity contribution in [1.82, 2.24) is 14.3 Å². The number of rotatable bonds is 3. The van der Waals surface area contributed by atoms with Crippen LogP contribution in [0.25, 0.3) is 0 Å². The highest BCUT2D eigenvalue weighted by molar-refractivity contribution is 7.89. The molecule has 1 aromatic rings. The molecule has 0 bridgehead atoms. The highest BCUT2D eigenvalue weighted by atomic mass is 32.2. The van der Waals surface area contributed by atoms with E-state index < -0.39 is 10.0 Å². The first-order chi connectivity index (χ1) is 8.85. The lowest BCUT2D eigenvalue weighted by molar-refractivity contribution is 0.187. The number of piperidine rings is 1. The Balaban J connectivity index is 2.26. The van der Waals surface area contributed by atoms with Crippen LogP contribution in [0.3, 0.4) is 0 Å². The lowest BCUT2D eigenvalue weighted by Crippen LogP contribution is -2.43. The van der Waals surface area contributed by atoms with E-state index in [9.17, 15) is 8.42 Å². The van der Waals surface area contributed by atoms with Crippen molar-refractivity contribution >= 4 is 16.0 Å². The van der Waals surface area contributed by atoms with Crippen molar-refractivity contribution in [2.45, 2.75) is 31.6 Å². The van der Waals surface area contributed by atoms with Crippen LogP contribution in [-0.2, 0) is 10.0 Å². The van der Waals surface area contributed by atoms with Crippen LogP contribution in [0.1, 0.15) is 26.7 Å². The van der Waals surface area contributed by atoms with Crippen LogP contribution in [0.15, 0.2) is 17.3 Å². The molecule has 6 nitrogen and oxygen atoms in total. The first kappa shape index (κ1) is 14.2. The second-order valence-corrected chi connectivity index (χ2v) is 7.54. The van der Waals surface area contributed by atoms with Crippen LogP contribution >= 0.6 is 0 Å². The first-order valence-corrected chi connectivity index (χ1v) is 7.79. The summed E-state index contributed by atoms with van der Waals surface area (Å²) in [6, 6.07) is 0. The van der Waals surface area contributed by atoms with Crippen molar-refractivity contribution < 1.29 is 8.42 Å². The molecule has 0 spiro atoms. The van der Waals surface area contributed by atoms with Gasteiger partial charge in [0.1, 0.15) is 4.90 Å². The Labute approximate surface area is 114 Å². The van der Waals surface area contributed by atoms with E-state index in [0.717, 1.165) is 12.8 Å². The zero-order chi connectivity index (χ0) is 14.1. The van der Waals surface area contributed by atoms with E-state index in [0.29, 0.717) is 19.0 Å². The predicted octanol–water partition coefficient (Wildman–Crippen LogP) is 1.33. The normalized spacial score (nSPS) is 20.2. The van der Waals surface area contributed by atoms with Crippen LogP contribution in [-0.4, -0.2) is 42.8 Å². The Morgan fingerprint density at radius 2 is 1.95 bits per heavy atom. The highest BCUT2D eigenvalue weighted by Crippen LogP contribution is 2.31. The molecule has 2 heterocycles. The van der Waals surface area contributed by atoms with Gasteiger partial charge in [0.2, 0.25) is 16.0 Å². The van der Waals surface area contributed by atoms with E-state index in [4.69, 9.17) is 0 Å². The van der Waals surface area contributed by atoms with E-state index in [1.54, 1.807) is 7.05 Å². The summed E-state index contributed by atoms with van der Waals surface area (Å²) < 4.78 is 26.5. The molecule has 106 valence electrons. The molecule has 1 aromatic heterocycles. The van der Waals surface area contributed by atoms with Crippen LogP contribution in [0.2, 0.25) is 0 Å². The highest BCUT2D eigenvalue weighted by Gasteiger charge is 2.34. The molecule has 1 saturated heterocycles. The van der Waals surface area contributed by atoms with Gasteiger partial charge in [-0.1, -0.05) is 13.8 Å². The van der Waals surface area contributed by atoms with Gasteiger partial charge in [-0.15, -0.1) is 0 Å². The van der Waals surface area contributed by atoms with E-state index in [1.807, 2.05) is 0 Å². The fourth-order valence-electron chi connectivity index (χ4n) is 2.30. The number of nitrogens with one attached hydrogen (secondary N) is 1. The molecule has 0 radical (unpaired) electrons. The Morgan fingerprint density at radius 3 is 2.47 bits per heavy atom. The summed E-state index contributed by atoms with van der Waals surface area (Å²) in [5.74, 6) is 0.415. The molecule has 0 atom stereocenters. The van der Waals surface area contributed by atoms with E-state index >= 15 is 0 Å². The molecule has 19 heavy (non-hydrogen) atoms. The van der Waals surface area contributed by atoms with Gasteiger partial charge in [0.25, 0.3) is 0 Å². The van der Waals surface area contributed by atoms with Crippen molar-refractivity contribution in [2.24, 2.45) is 5.41 Å². The quantitative estimate of drug-likeness (QED) is 0.906. The van der Waals surface area contributed by atoms with Gasteiger partial charge in [-0.3, -0.25) is 0 Å². The lowest BCUT2D eigenvalue weighted by atomic mass is 9.85. The zero-order valence-corrected chi connectivity index (χ0v) is 12.4. The molecule has 0 unspecified atom stereocenters. The number of hydrogen-bond donors (Lipinski definition) is 1. The minimum atomic E-state index is -3.48. The molecule has 0 aliphatic carbocycles. The van der Waals surface area contributed by atoms with Crippen LogP contribution < -0.4 is 5.32 Å². The molecule has 2 rings (SSSR count). The Morgan fingerprint density at radius 1 is 1.32 bits per heavy atom. The molecule has 0 amide bonds.